The molecule has 5 heteroatoms. The fraction of sp³-hybridized carbons (Fsp3) is 0.364. The van der Waals surface area contributed by atoms with Gasteiger partial charge < -0.3 is 14.4 Å². The first kappa shape index (κ1) is 20.5. The van der Waals surface area contributed by atoms with E-state index in [-0.39, 0.29) is 19.1 Å². The molecule has 1 unspecified atom stereocenters. The minimum Gasteiger partial charge on any atom is -0.484 e. The molecular weight excluding hydrogens is 342 g/mol. The quantitative estimate of drug-likeness (QED) is 0.667. The third kappa shape index (κ3) is 5.84. The number of amides is 1. The van der Waals surface area contributed by atoms with Gasteiger partial charge in [-0.2, -0.15) is 0 Å². The molecule has 144 valence electrons. The summed E-state index contributed by atoms with van der Waals surface area (Å²) in [5.41, 5.74) is 3.20. The number of carbonyl (C=O) groups excluding carboxylic acids is 2. The lowest BCUT2D eigenvalue weighted by Crippen LogP contribution is -2.45. The van der Waals surface area contributed by atoms with Crippen LogP contribution in [0, 0.1) is 13.8 Å². The van der Waals surface area contributed by atoms with Crippen molar-refractivity contribution in [2.75, 3.05) is 13.2 Å². The van der Waals surface area contributed by atoms with E-state index in [1.165, 1.54) is 4.90 Å². The maximum absolute atomic E-state index is 12.8. The standard InChI is InChI=1S/C22H27NO4/c1-5-26-22(25)18(4)23(14-19-9-7-6-8-10-19)21(24)15-27-20-12-11-16(2)17(3)13-20/h6-13,18H,5,14-15H2,1-4H3. The van der Waals surface area contributed by atoms with Crippen LogP contribution in [0.25, 0.3) is 0 Å². The summed E-state index contributed by atoms with van der Waals surface area (Å²) < 4.78 is 10.8. The van der Waals surface area contributed by atoms with Gasteiger partial charge in [-0.15, -0.1) is 0 Å². The van der Waals surface area contributed by atoms with Crippen LogP contribution in [0.2, 0.25) is 0 Å². The smallest absolute Gasteiger partial charge is 0.328 e. The van der Waals surface area contributed by atoms with Gasteiger partial charge in [-0.3, -0.25) is 4.79 Å². The minimum atomic E-state index is -0.694. The average Bonchev–Trinajstić information content (AvgIpc) is 2.67. The molecule has 0 heterocycles. The van der Waals surface area contributed by atoms with Gasteiger partial charge in [0.1, 0.15) is 11.8 Å². The highest BCUT2D eigenvalue weighted by molar-refractivity contribution is 5.85. The van der Waals surface area contributed by atoms with E-state index in [4.69, 9.17) is 9.47 Å². The number of benzene rings is 2. The van der Waals surface area contributed by atoms with Crippen LogP contribution >= 0.6 is 0 Å². The summed E-state index contributed by atoms with van der Waals surface area (Å²) in [5.74, 6) is -0.0551. The molecule has 2 aromatic rings. The number of aryl methyl sites for hydroxylation is 2. The van der Waals surface area contributed by atoms with Crippen LogP contribution in [-0.2, 0) is 20.9 Å². The molecule has 0 aliphatic heterocycles. The van der Waals surface area contributed by atoms with Crippen molar-refractivity contribution >= 4 is 11.9 Å². The molecule has 0 saturated carbocycles. The normalized spacial score (nSPS) is 11.6. The first-order chi connectivity index (χ1) is 12.9. The lowest BCUT2D eigenvalue weighted by Gasteiger charge is -2.28. The zero-order chi connectivity index (χ0) is 19.8. The Hall–Kier alpha value is -2.82. The molecule has 1 atom stereocenters. The van der Waals surface area contributed by atoms with E-state index in [2.05, 4.69) is 0 Å². The fourth-order valence-electron chi connectivity index (χ4n) is 2.64. The van der Waals surface area contributed by atoms with Gasteiger partial charge in [0.15, 0.2) is 6.61 Å². The second-order valence-corrected chi connectivity index (χ2v) is 6.47. The maximum atomic E-state index is 12.8. The van der Waals surface area contributed by atoms with Crippen LogP contribution in [0.5, 0.6) is 5.75 Å². The van der Waals surface area contributed by atoms with Crippen LogP contribution < -0.4 is 4.74 Å². The molecule has 0 fully saturated rings. The van der Waals surface area contributed by atoms with Crippen molar-refractivity contribution in [3.8, 4) is 5.75 Å². The van der Waals surface area contributed by atoms with Crippen LogP contribution in [0.4, 0.5) is 0 Å². The van der Waals surface area contributed by atoms with Crippen molar-refractivity contribution in [1.29, 1.82) is 0 Å². The van der Waals surface area contributed by atoms with Gasteiger partial charge >= 0.3 is 5.97 Å². The predicted octanol–water partition coefficient (Wildman–Crippen LogP) is 3.66. The van der Waals surface area contributed by atoms with Crippen LogP contribution in [0.3, 0.4) is 0 Å². The Morgan fingerprint density at radius 2 is 1.74 bits per heavy atom. The van der Waals surface area contributed by atoms with Crippen molar-refractivity contribution in [3.05, 3.63) is 65.2 Å². The molecule has 0 saturated heterocycles. The summed E-state index contributed by atoms with van der Waals surface area (Å²) in [6, 6.07) is 14.6. The van der Waals surface area contributed by atoms with Crippen molar-refractivity contribution < 1.29 is 19.1 Å². The Morgan fingerprint density at radius 1 is 1.04 bits per heavy atom. The van der Waals surface area contributed by atoms with Crippen LogP contribution in [0.1, 0.15) is 30.5 Å². The number of hydrogen-bond acceptors (Lipinski definition) is 4. The largest absolute Gasteiger partial charge is 0.484 e. The van der Waals surface area contributed by atoms with Gasteiger partial charge in [-0.1, -0.05) is 36.4 Å². The molecule has 2 aromatic carbocycles. The Morgan fingerprint density at radius 3 is 2.37 bits per heavy atom. The topological polar surface area (TPSA) is 55.8 Å². The first-order valence-corrected chi connectivity index (χ1v) is 9.12. The van der Waals surface area contributed by atoms with E-state index >= 15 is 0 Å². The monoisotopic (exact) mass is 369 g/mol. The predicted molar refractivity (Wildman–Crippen MR) is 104 cm³/mol. The second kappa shape index (κ2) is 9.76. The number of nitrogens with zero attached hydrogens (tertiary/aromatic N) is 1. The minimum absolute atomic E-state index is 0.140. The summed E-state index contributed by atoms with van der Waals surface area (Å²) >= 11 is 0. The van der Waals surface area contributed by atoms with Crippen molar-refractivity contribution in [2.24, 2.45) is 0 Å². The molecule has 2 rings (SSSR count). The third-order valence-corrected chi connectivity index (χ3v) is 4.45. The third-order valence-electron chi connectivity index (χ3n) is 4.45. The molecule has 0 aromatic heterocycles. The highest BCUT2D eigenvalue weighted by Gasteiger charge is 2.27. The van der Waals surface area contributed by atoms with Gasteiger partial charge in [0, 0.05) is 6.54 Å². The molecule has 0 aliphatic carbocycles. The summed E-state index contributed by atoms with van der Waals surface area (Å²) in [5, 5.41) is 0. The highest BCUT2D eigenvalue weighted by atomic mass is 16.5. The van der Waals surface area contributed by atoms with Crippen LogP contribution in [0.15, 0.2) is 48.5 Å². The van der Waals surface area contributed by atoms with Gasteiger partial charge in [-0.05, 0) is 56.5 Å². The van der Waals surface area contributed by atoms with Gasteiger partial charge in [0.2, 0.25) is 0 Å². The molecule has 1 amide bonds. The maximum Gasteiger partial charge on any atom is 0.328 e. The van der Waals surface area contributed by atoms with E-state index in [0.717, 1.165) is 16.7 Å². The van der Waals surface area contributed by atoms with Crippen molar-refractivity contribution in [2.45, 2.75) is 40.3 Å². The number of carbonyl (C=O) groups is 2. The Balaban J connectivity index is 2.11. The fourth-order valence-corrected chi connectivity index (χ4v) is 2.64. The Labute approximate surface area is 160 Å². The summed E-state index contributed by atoms with van der Waals surface area (Å²) in [6.07, 6.45) is 0. The van der Waals surface area contributed by atoms with Gasteiger partial charge in [0.05, 0.1) is 6.61 Å². The number of hydrogen-bond donors (Lipinski definition) is 0. The van der Waals surface area contributed by atoms with E-state index < -0.39 is 12.0 Å². The number of rotatable bonds is 8. The molecule has 0 N–H and O–H groups in total. The average molecular weight is 369 g/mol. The Kier molecular flexibility index (Phi) is 7.41. The van der Waals surface area contributed by atoms with Crippen LogP contribution in [-0.4, -0.2) is 36.0 Å². The zero-order valence-corrected chi connectivity index (χ0v) is 16.4. The lowest BCUT2D eigenvalue weighted by atomic mass is 10.1. The van der Waals surface area contributed by atoms with Crippen molar-refractivity contribution in [3.63, 3.8) is 0 Å². The Bertz CT molecular complexity index is 773. The molecule has 0 bridgehead atoms. The van der Waals surface area contributed by atoms with E-state index in [9.17, 15) is 9.59 Å². The zero-order valence-electron chi connectivity index (χ0n) is 16.4. The van der Waals surface area contributed by atoms with E-state index in [1.54, 1.807) is 13.8 Å². The van der Waals surface area contributed by atoms with E-state index in [1.807, 2.05) is 62.4 Å². The van der Waals surface area contributed by atoms with Gasteiger partial charge in [-0.25, -0.2) is 4.79 Å². The highest BCUT2D eigenvalue weighted by Crippen LogP contribution is 2.17. The molecule has 0 radical (unpaired) electrons. The SMILES string of the molecule is CCOC(=O)C(C)N(Cc1ccccc1)C(=O)COc1ccc(C)c(C)c1. The van der Waals surface area contributed by atoms with E-state index in [0.29, 0.717) is 12.3 Å². The number of ether oxygens (including phenoxy) is 2. The van der Waals surface area contributed by atoms with Crippen molar-refractivity contribution in [1.82, 2.24) is 4.90 Å². The summed E-state index contributed by atoms with van der Waals surface area (Å²) in [7, 11) is 0. The molecule has 5 nitrogen and oxygen atoms in total. The first-order valence-electron chi connectivity index (χ1n) is 9.12. The molecule has 0 spiro atoms. The molecule has 0 aliphatic rings. The number of esters is 1. The molecule has 27 heavy (non-hydrogen) atoms. The van der Waals surface area contributed by atoms with Gasteiger partial charge in [0.25, 0.3) is 5.91 Å². The molecular formula is C22H27NO4. The second-order valence-electron chi connectivity index (χ2n) is 6.47. The summed E-state index contributed by atoms with van der Waals surface area (Å²) in [4.78, 5) is 26.5. The summed E-state index contributed by atoms with van der Waals surface area (Å²) in [6.45, 7) is 7.89. The lowest BCUT2D eigenvalue weighted by molar-refractivity contribution is -0.155.